The molecule has 30 heavy (non-hydrogen) atoms. The predicted octanol–water partition coefficient (Wildman–Crippen LogP) is 4.92. The molecule has 0 saturated carbocycles. The molecule has 2 atom stereocenters. The molecule has 0 aromatic heterocycles. The third-order valence-corrected chi connectivity index (χ3v) is 7.43. The molecule has 0 aliphatic heterocycles. The van der Waals surface area contributed by atoms with E-state index < -0.39 is 25.2 Å². The Kier molecular flexibility index (Phi) is 9.18. The number of nitrogens with one attached hydrogen (secondary N) is 1. The van der Waals surface area contributed by atoms with Crippen LogP contribution in [-0.4, -0.2) is 34.0 Å². The van der Waals surface area contributed by atoms with E-state index >= 15 is 0 Å². The summed E-state index contributed by atoms with van der Waals surface area (Å²) in [6.07, 6.45) is -1.57. The van der Waals surface area contributed by atoms with E-state index in [9.17, 15) is 19.0 Å². The van der Waals surface area contributed by atoms with Gasteiger partial charge < -0.3 is 20.1 Å². The van der Waals surface area contributed by atoms with Crippen LogP contribution in [0.3, 0.4) is 0 Å². The van der Waals surface area contributed by atoms with Gasteiger partial charge in [-0.05, 0) is 30.0 Å². The van der Waals surface area contributed by atoms with Crippen molar-refractivity contribution in [2.45, 2.75) is 31.7 Å². The summed E-state index contributed by atoms with van der Waals surface area (Å²) in [7, 11) is -3.99. The maximum Gasteiger partial charge on any atom is 0.408 e. The second-order valence-corrected chi connectivity index (χ2v) is 9.96. The number of aryl methyl sites for hydroxylation is 1. The van der Waals surface area contributed by atoms with Gasteiger partial charge in [0.15, 0.2) is 0 Å². The van der Waals surface area contributed by atoms with Crippen LogP contribution < -0.4 is 5.32 Å². The summed E-state index contributed by atoms with van der Waals surface area (Å²) < 4.78 is 18.0. The van der Waals surface area contributed by atoms with Gasteiger partial charge in [0, 0.05) is 12.6 Å². The zero-order chi connectivity index (χ0) is 22.1. The second kappa shape index (κ2) is 11.4. The standard InChI is InChI=1S/C20H22Cl2NO6P/c21-16-8-4-7-15(19(16)22)11-12-30(27,28)17(9-10-18(24)25)23-20(26)29-13-14-5-2-1-3-6-14/h1-8,17H,9-13H2,(H,23,26)(H,24,25)(H,27,28). The Bertz CT molecular complexity index is 925. The number of aliphatic carboxylic acids is 1. The average Bonchev–Trinajstić information content (AvgIpc) is 2.71. The van der Waals surface area contributed by atoms with E-state index in [1.165, 1.54) is 0 Å². The third-order valence-electron chi connectivity index (χ3n) is 4.35. The summed E-state index contributed by atoms with van der Waals surface area (Å²) in [5.74, 6) is -2.41. The van der Waals surface area contributed by atoms with E-state index in [-0.39, 0.29) is 37.1 Å². The summed E-state index contributed by atoms with van der Waals surface area (Å²) in [6.45, 7) is -0.0217. The number of carboxylic acids is 1. The normalized spacial score (nSPS) is 13.8. The van der Waals surface area contributed by atoms with Gasteiger partial charge in [0.1, 0.15) is 12.4 Å². The molecule has 162 valence electrons. The van der Waals surface area contributed by atoms with Gasteiger partial charge in [0.25, 0.3) is 0 Å². The molecular formula is C20H22Cl2NO6P. The molecule has 2 aromatic carbocycles. The average molecular weight is 474 g/mol. The van der Waals surface area contributed by atoms with Crippen molar-refractivity contribution in [2.75, 3.05) is 6.16 Å². The van der Waals surface area contributed by atoms with Crippen LogP contribution in [-0.2, 0) is 27.1 Å². The second-order valence-electron chi connectivity index (χ2n) is 6.60. The number of halogens is 2. The Balaban J connectivity index is 2.03. The lowest BCUT2D eigenvalue weighted by Crippen LogP contribution is -2.36. The number of carbonyl (C=O) groups excluding carboxylic acids is 1. The minimum atomic E-state index is -3.99. The van der Waals surface area contributed by atoms with Crippen LogP contribution in [0, 0.1) is 0 Å². The van der Waals surface area contributed by atoms with Crippen molar-refractivity contribution in [3.8, 4) is 0 Å². The molecular weight excluding hydrogens is 452 g/mol. The largest absolute Gasteiger partial charge is 0.481 e. The first-order valence-corrected chi connectivity index (χ1v) is 11.8. The number of carbonyl (C=O) groups is 2. The molecule has 3 N–H and O–H groups in total. The number of rotatable bonds is 10. The van der Waals surface area contributed by atoms with Crippen molar-refractivity contribution in [3.63, 3.8) is 0 Å². The van der Waals surface area contributed by atoms with Crippen LogP contribution >= 0.6 is 30.6 Å². The zero-order valence-corrected chi connectivity index (χ0v) is 18.4. The van der Waals surface area contributed by atoms with Crippen LogP contribution in [0.4, 0.5) is 4.79 Å². The molecule has 0 spiro atoms. The van der Waals surface area contributed by atoms with Gasteiger partial charge in [-0.15, -0.1) is 0 Å². The fourth-order valence-electron chi connectivity index (χ4n) is 2.71. The van der Waals surface area contributed by atoms with E-state index in [1.54, 1.807) is 42.5 Å². The zero-order valence-electron chi connectivity index (χ0n) is 16.0. The summed E-state index contributed by atoms with van der Waals surface area (Å²) in [5, 5.41) is 11.9. The number of alkyl carbamates (subject to hydrolysis) is 1. The summed E-state index contributed by atoms with van der Waals surface area (Å²) >= 11 is 12.1. The van der Waals surface area contributed by atoms with Crippen molar-refractivity contribution in [2.24, 2.45) is 0 Å². The van der Waals surface area contributed by atoms with Crippen LogP contribution in [0.25, 0.3) is 0 Å². The van der Waals surface area contributed by atoms with Crippen LogP contribution in [0.15, 0.2) is 48.5 Å². The Morgan fingerprint density at radius 3 is 2.47 bits per heavy atom. The Morgan fingerprint density at radius 2 is 1.80 bits per heavy atom. The highest BCUT2D eigenvalue weighted by Gasteiger charge is 2.33. The van der Waals surface area contributed by atoms with E-state index in [1.807, 2.05) is 6.07 Å². The molecule has 10 heteroatoms. The van der Waals surface area contributed by atoms with Gasteiger partial charge in [-0.25, -0.2) is 4.79 Å². The lowest BCUT2D eigenvalue weighted by Gasteiger charge is -2.24. The first-order chi connectivity index (χ1) is 14.2. The van der Waals surface area contributed by atoms with Crippen LogP contribution in [0.5, 0.6) is 0 Å². The quantitative estimate of drug-likeness (QED) is 0.422. The molecule has 2 unspecified atom stereocenters. The van der Waals surface area contributed by atoms with Crippen molar-refractivity contribution < 1.29 is 28.9 Å². The Morgan fingerprint density at radius 1 is 1.10 bits per heavy atom. The van der Waals surface area contributed by atoms with Crippen molar-refractivity contribution in [3.05, 3.63) is 69.7 Å². The first kappa shape index (κ1) is 24.2. The van der Waals surface area contributed by atoms with Gasteiger partial charge in [0.05, 0.1) is 10.0 Å². The fraction of sp³-hybridized carbons (Fsp3) is 0.300. The fourth-order valence-corrected chi connectivity index (χ4v) is 4.84. The molecule has 0 bridgehead atoms. The van der Waals surface area contributed by atoms with E-state index in [2.05, 4.69) is 5.32 Å². The molecule has 0 radical (unpaired) electrons. The Hall–Kier alpha value is -2.05. The van der Waals surface area contributed by atoms with E-state index in [0.717, 1.165) is 5.56 Å². The first-order valence-electron chi connectivity index (χ1n) is 9.12. The summed E-state index contributed by atoms with van der Waals surface area (Å²) in [6, 6.07) is 13.9. The van der Waals surface area contributed by atoms with Crippen molar-refractivity contribution in [1.29, 1.82) is 0 Å². The molecule has 0 saturated heterocycles. The topological polar surface area (TPSA) is 113 Å². The number of benzene rings is 2. The predicted molar refractivity (Wildman–Crippen MR) is 115 cm³/mol. The monoisotopic (exact) mass is 473 g/mol. The SMILES string of the molecule is O=C(O)CCC(NC(=O)OCc1ccccc1)P(=O)(O)CCc1cccc(Cl)c1Cl. The molecule has 0 heterocycles. The molecule has 1 amide bonds. The van der Waals surface area contributed by atoms with Gasteiger partial charge in [0.2, 0.25) is 7.37 Å². The smallest absolute Gasteiger partial charge is 0.408 e. The van der Waals surface area contributed by atoms with Crippen molar-refractivity contribution in [1.82, 2.24) is 5.32 Å². The molecule has 0 aliphatic rings. The molecule has 2 aromatic rings. The highest BCUT2D eigenvalue weighted by Crippen LogP contribution is 2.47. The number of ether oxygens (including phenoxy) is 1. The van der Waals surface area contributed by atoms with Crippen molar-refractivity contribution >= 4 is 42.6 Å². The van der Waals surface area contributed by atoms with Gasteiger partial charge in [-0.1, -0.05) is 65.7 Å². The van der Waals surface area contributed by atoms with Crippen LogP contribution in [0.1, 0.15) is 24.0 Å². The molecule has 0 aliphatic carbocycles. The van der Waals surface area contributed by atoms with E-state index in [0.29, 0.717) is 10.6 Å². The maximum absolute atomic E-state index is 12.9. The third kappa shape index (κ3) is 7.65. The number of amides is 1. The van der Waals surface area contributed by atoms with E-state index in [4.69, 9.17) is 33.0 Å². The van der Waals surface area contributed by atoms with Gasteiger partial charge in [-0.2, -0.15) is 0 Å². The van der Waals surface area contributed by atoms with Crippen LogP contribution in [0.2, 0.25) is 10.0 Å². The number of hydrogen-bond donors (Lipinski definition) is 3. The molecule has 7 nitrogen and oxygen atoms in total. The number of carboxylic acid groups (broad SMARTS) is 1. The maximum atomic E-state index is 12.9. The minimum Gasteiger partial charge on any atom is -0.481 e. The lowest BCUT2D eigenvalue weighted by molar-refractivity contribution is -0.137. The highest BCUT2D eigenvalue weighted by atomic mass is 35.5. The minimum absolute atomic E-state index is 0.0217. The lowest BCUT2D eigenvalue weighted by atomic mass is 10.2. The molecule has 2 rings (SSSR count). The molecule has 0 fully saturated rings. The summed E-state index contributed by atoms with van der Waals surface area (Å²) in [5.41, 5.74) is 1.33. The Labute approximate surface area is 184 Å². The highest BCUT2D eigenvalue weighted by molar-refractivity contribution is 7.58. The van der Waals surface area contributed by atoms with Gasteiger partial charge >= 0.3 is 12.1 Å². The van der Waals surface area contributed by atoms with Gasteiger partial charge in [-0.3, -0.25) is 9.36 Å². The summed E-state index contributed by atoms with van der Waals surface area (Å²) in [4.78, 5) is 33.6. The number of hydrogen-bond acceptors (Lipinski definition) is 4.